The Balaban J connectivity index is 1.73. The van der Waals surface area contributed by atoms with E-state index < -0.39 is 5.97 Å². The van der Waals surface area contributed by atoms with E-state index >= 15 is 0 Å². The first-order valence-corrected chi connectivity index (χ1v) is 6.99. The van der Waals surface area contributed by atoms with Crippen LogP contribution in [0, 0.1) is 0 Å². The molecule has 0 unspecified atom stereocenters. The van der Waals surface area contributed by atoms with Gasteiger partial charge in [0.2, 0.25) is 6.79 Å². The summed E-state index contributed by atoms with van der Waals surface area (Å²) in [4.78, 5) is 11.5. The summed E-state index contributed by atoms with van der Waals surface area (Å²) in [6.07, 6.45) is 0. The summed E-state index contributed by atoms with van der Waals surface area (Å²) >= 11 is 0. The van der Waals surface area contributed by atoms with Gasteiger partial charge < -0.3 is 23.7 Å². The molecule has 0 aliphatic carbocycles. The SMILES string of the molecule is COC(=O)c1ccc(OCc2ccc3c(c2)OCO3)c(OC)c1. The van der Waals surface area contributed by atoms with E-state index in [2.05, 4.69) is 4.74 Å². The normalized spacial score (nSPS) is 11.9. The predicted octanol–water partition coefficient (Wildman–Crippen LogP) is 2.79. The number of hydrogen-bond acceptors (Lipinski definition) is 6. The lowest BCUT2D eigenvalue weighted by molar-refractivity contribution is 0.0600. The van der Waals surface area contributed by atoms with Crippen LogP contribution in [0.1, 0.15) is 15.9 Å². The van der Waals surface area contributed by atoms with Gasteiger partial charge in [0.05, 0.1) is 19.8 Å². The lowest BCUT2D eigenvalue weighted by atomic mass is 10.2. The van der Waals surface area contributed by atoms with Crippen LogP contribution >= 0.6 is 0 Å². The van der Waals surface area contributed by atoms with Crippen LogP contribution in [0.15, 0.2) is 36.4 Å². The molecule has 0 atom stereocenters. The van der Waals surface area contributed by atoms with Crippen molar-refractivity contribution >= 4 is 5.97 Å². The monoisotopic (exact) mass is 316 g/mol. The molecule has 0 saturated carbocycles. The number of carbonyl (C=O) groups is 1. The van der Waals surface area contributed by atoms with Gasteiger partial charge in [-0.3, -0.25) is 0 Å². The van der Waals surface area contributed by atoms with E-state index in [4.69, 9.17) is 18.9 Å². The Kier molecular flexibility index (Phi) is 4.23. The van der Waals surface area contributed by atoms with Gasteiger partial charge in [0.1, 0.15) is 6.61 Å². The van der Waals surface area contributed by atoms with E-state index in [0.717, 1.165) is 11.3 Å². The molecule has 3 rings (SSSR count). The zero-order valence-corrected chi connectivity index (χ0v) is 12.8. The Hall–Kier alpha value is -2.89. The molecule has 0 aromatic heterocycles. The fraction of sp³-hybridized carbons (Fsp3) is 0.235. The minimum absolute atomic E-state index is 0.239. The molecular weight excluding hydrogens is 300 g/mol. The van der Waals surface area contributed by atoms with Crippen LogP contribution in [0.5, 0.6) is 23.0 Å². The lowest BCUT2D eigenvalue weighted by Gasteiger charge is -2.12. The van der Waals surface area contributed by atoms with Crippen LogP contribution < -0.4 is 18.9 Å². The molecule has 0 N–H and O–H groups in total. The molecule has 0 saturated heterocycles. The smallest absolute Gasteiger partial charge is 0.337 e. The summed E-state index contributed by atoms with van der Waals surface area (Å²) in [7, 11) is 2.85. The van der Waals surface area contributed by atoms with E-state index in [1.807, 2.05) is 18.2 Å². The highest BCUT2D eigenvalue weighted by molar-refractivity contribution is 5.90. The van der Waals surface area contributed by atoms with Crippen molar-refractivity contribution in [2.24, 2.45) is 0 Å². The largest absolute Gasteiger partial charge is 0.493 e. The molecule has 6 nitrogen and oxygen atoms in total. The van der Waals surface area contributed by atoms with Crippen LogP contribution in [-0.4, -0.2) is 27.0 Å². The van der Waals surface area contributed by atoms with E-state index in [0.29, 0.717) is 29.4 Å². The van der Waals surface area contributed by atoms with E-state index in [1.54, 1.807) is 18.2 Å². The van der Waals surface area contributed by atoms with Crippen molar-refractivity contribution in [1.82, 2.24) is 0 Å². The molecule has 6 heteroatoms. The average Bonchev–Trinajstić information content (AvgIpc) is 3.06. The third-order valence-corrected chi connectivity index (χ3v) is 3.42. The maximum absolute atomic E-state index is 11.5. The van der Waals surface area contributed by atoms with Gasteiger partial charge in [0.15, 0.2) is 23.0 Å². The van der Waals surface area contributed by atoms with Gasteiger partial charge in [-0.05, 0) is 35.9 Å². The van der Waals surface area contributed by atoms with Crippen LogP contribution in [0.4, 0.5) is 0 Å². The highest BCUT2D eigenvalue weighted by Crippen LogP contribution is 2.34. The van der Waals surface area contributed by atoms with Crippen LogP contribution in [0.3, 0.4) is 0 Å². The van der Waals surface area contributed by atoms with Crippen molar-refractivity contribution in [2.45, 2.75) is 6.61 Å². The summed E-state index contributed by atoms with van der Waals surface area (Å²) in [5, 5.41) is 0. The summed E-state index contributed by atoms with van der Waals surface area (Å²) in [6.45, 7) is 0.576. The quantitative estimate of drug-likeness (QED) is 0.790. The molecule has 0 bridgehead atoms. The Morgan fingerprint density at radius 1 is 1.04 bits per heavy atom. The first kappa shape index (κ1) is 15.0. The number of carbonyl (C=O) groups excluding carboxylic acids is 1. The van der Waals surface area contributed by atoms with Gasteiger partial charge in [-0.1, -0.05) is 6.07 Å². The van der Waals surface area contributed by atoms with Gasteiger partial charge >= 0.3 is 5.97 Å². The second-order valence-electron chi connectivity index (χ2n) is 4.83. The van der Waals surface area contributed by atoms with Crippen molar-refractivity contribution in [2.75, 3.05) is 21.0 Å². The van der Waals surface area contributed by atoms with Gasteiger partial charge in [0.25, 0.3) is 0 Å². The molecular formula is C17H16O6. The van der Waals surface area contributed by atoms with Crippen LogP contribution in [0.25, 0.3) is 0 Å². The zero-order valence-electron chi connectivity index (χ0n) is 12.8. The van der Waals surface area contributed by atoms with E-state index in [9.17, 15) is 4.79 Å². The minimum atomic E-state index is -0.425. The summed E-state index contributed by atoms with van der Waals surface area (Å²) < 4.78 is 26.3. The number of methoxy groups -OCH3 is 2. The number of ether oxygens (including phenoxy) is 5. The molecule has 0 spiro atoms. The van der Waals surface area contributed by atoms with Crippen LogP contribution in [0.2, 0.25) is 0 Å². The fourth-order valence-electron chi connectivity index (χ4n) is 2.22. The predicted molar refractivity (Wildman–Crippen MR) is 81.2 cm³/mol. The fourth-order valence-corrected chi connectivity index (χ4v) is 2.22. The Bertz CT molecular complexity index is 725. The van der Waals surface area contributed by atoms with E-state index in [1.165, 1.54) is 14.2 Å². The molecule has 1 heterocycles. The van der Waals surface area contributed by atoms with Gasteiger partial charge in [0, 0.05) is 0 Å². The number of benzene rings is 2. The maximum atomic E-state index is 11.5. The average molecular weight is 316 g/mol. The Morgan fingerprint density at radius 2 is 1.87 bits per heavy atom. The third-order valence-electron chi connectivity index (χ3n) is 3.42. The third kappa shape index (κ3) is 3.15. The molecule has 0 fully saturated rings. The number of rotatable bonds is 5. The Labute approximate surface area is 133 Å². The topological polar surface area (TPSA) is 63.2 Å². The van der Waals surface area contributed by atoms with Gasteiger partial charge in [-0.2, -0.15) is 0 Å². The second kappa shape index (κ2) is 6.48. The highest BCUT2D eigenvalue weighted by atomic mass is 16.7. The standard InChI is InChI=1S/C17H16O6/c1-19-15-8-12(17(18)20-2)4-6-13(15)21-9-11-3-5-14-16(7-11)23-10-22-14/h3-8H,9-10H2,1-2H3. The van der Waals surface area contributed by atoms with Gasteiger partial charge in [-0.25, -0.2) is 4.79 Å². The van der Waals surface area contributed by atoms with Crippen molar-refractivity contribution in [3.8, 4) is 23.0 Å². The molecule has 0 radical (unpaired) electrons. The number of esters is 1. The minimum Gasteiger partial charge on any atom is -0.493 e. The second-order valence-corrected chi connectivity index (χ2v) is 4.83. The lowest BCUT2D eigenvalue weighted by Crippen LogP contribution is -2.03. The zero-order chi connectivity index (χ0) is 16.2. The molecule has 2 aromatic carbocycles. The maximum Gasteiger partial charge on any atom is 0.337 e. The molecule has 1 aliphatic rings. The first-order chi connectivity index (χ1) is 11.2. The molecule has 2 aromatic rings. The van der Waals surface area contributed by atoms with Crippen molar-refractivity contribution in [3.63, 3.8) is 0 Å². The van der Waals surface area contributed by atoms with E-state index in [-0.39, 0.29) is 6.79 Å². The highest BCUT2D eigenvalue weighted by Gasteiger charge is 2.14. The molecule has 1 aliphatic heterocycles. The molecule has 0 amide bonds. The van der Waals surface area contributed by atoms with Crippen molar-refractivity contribution < 1.29 is 28.5 Å². The molecule has 23 heavy (non-hydrogen) atoms. The summed E-state index contributed by atoms with van der Waals surface area (Å²) in [5.41, 5.74) is 1.34. The number of hydrogen-bond donors (Lipinski definition) is 0. The summed E-state index contributed by atoms with van der Waals surface area (Å²) in [5.74, 6) is 2.02. The van der Waals surface area contributed by atoms with Gasteiger partial charge in [-0.15, -0.1) is 0 Å². The summed E-state index contributed by atoms with van der Waals surface area (Å²) in [6, 6.07) is 10.5. The van der Waals surface area contributed by atoms with Crippen molar-refractivity contribution in [3.05, 3.63) is 47.5 Å². The molecule has 120 valence electrons. The number of fused-ring (bicyclic) bond motifs is 1. The van der Waals surface area contributed by atoms with Crippen molar-refractivity contribution in [1.29, 1.82) is 0 Å². The van der Waals surface area contributed by atoms with Crippen LogP contribution in [-0.2, 0) is 11.3 Å². The Morgan fingerprint density at radius 3 is 2.65 bits per heavy atom. The first-order valence-electron chi connectivity index (χ1n) is 6.99.